The number of anilines is 1. The van der Waals surface area contributed by atoms with E-state index in [1.807, 2.05) is 20.8 Å². The number of ether oxygens (including phenoxy) is 1. The number of carbonyl (C=O) groups is 1. The third kappa shape index (κ3) is 5.59. The van der Waals surface area contributed by atoms with Crippen molar-refractivity contribution < 1.29 is 19.0 Å². The number of benzene rings is 1. The molecule has 118 valence electrons. The summed E-state index contributed by atoms with van der Waals surface area (Å²) in [5, 5.41) is 14.1. The van der Waals surface area contributed by atoms with Gasteiger partial charge in [0.15, 0.2) is 0 Å². The predicted octanol–water partition coefficient (Wildman–Crippen LogP) is 2.75. The molecule has 1 aromatic rings. The fraction of sp³-hybridized carbons (Fsp3) is 0.533. The topological polar surface area (TPSA) is 70.6 Å². The van der Waals surface area contributed by atoms with Crippen molar-refractivity contribution in [2.24, 2.45) is 5.92 Å². The molecule has 6 heteroatoms. The maximum Gasteiger partial charge on any atom is 0.319 e. The summed E-state index contributed by atoms with van der Waals surface area (Å²) in [5.74, 6) is -0.232. The molecule has 0 fully saturated rings. The Hall–Kier alpha value is -1.82. The summed E-state index contributed by atoms with van der Waals surface area (Å²) in [6.45, 7) is 7.25. The third-order valence-corrected chi connectivity index (χ3v) is 3.06. The Kier molecular flexibility index (Phi) is 6.42. The average molecular weight is 298 g/mol. The Balaban J connectivity index is 2.64. The predicted molar refractivity (Wildman–Crippen MR) is 80.0 cm³/mol. The van der Waals surface area contributed by atoms with Crippen LogP contribution in [0.1, 0.15) is 27.7 Å². The molecule has 0 aliphatic rings. The molecule has 2 unspecified atom stereocenters. The van der Waals surface area contributed by atoms with E-state index in [1.165, 1.54) is 12.1 Å². The number of hydrogen-bond donors (Lipinski definition) is 3. The quantitative estimate of drug-likeness (QED) is 0.756. The number of aliphatic hydroxyl groups is 1. The molecule has 0 aliphatic carbocycles. The molecule has 2 atom stereocenters. The normalized spacial score (nSPS) is 13.7. The molecule has 3 N–H and O–H groups in total. The molecule has 21 heavy (non-hydrogen) atoms. The molecule has 0 aromatic heterocycles. The zero-order valence-electron chi connectivity index (χ0n) is 12.8. The number of halogens is 1. The molecule has 1 aromatic carbocycles. The van der Waals surface area contributed by atoms with E-state index in [9.17, 15) is 9.18 Å². The summed E-state index contributed by atoms with van der Waals surface area (Å²) in [6.07, 6.45) is -0.0488. The van der Waals surface area contributed by atoms with Crippen LogP contribution in [0.2, 0.25) is 0 Å². The van der Waals surface area contributed by atoms with Gasteiger partial charge in [0, 0.05) is 18.7 Å². The van der Waals surface area contributed by atoms with Crippen LogP contribution in [0, 0.1) is 11.7 Å². The minimum Gasteiger partial charge on any atom is -0.491 e. The van der Waals surface area contributed by atoms with Gasteiger partial charge in [-0.15, -0.1) is 0 Å². The monoisotopic (exact) mass is 298 g/mol. The number of amides is 2. The van der Waals surface area contributed by atoms with Gasteiger partial charge in [0.1, 0.15) is 11.6 Å². The first-order valence-electron chi connectivity index (χ1n) is 6.98. The van der Waals surface area contributed by atoms with Crippen LogP contribution < -0.4 is 15.4 Å². The third-order valence-electron chi connectivity index (χ3n) is 3.06. The maximum atomic E-state index is 13.9. The molecule has 0 aliphatic heterocycles. The summed E-state index contributed by atoms with van der Waals surface area (Å²) in [4.78, 5) is 11.8. The lowest BCUT2D eigenvalue weighted by Gasteiger charge is -2.19. The van der Waals surface area contributed by atoms with Crippen molar-refractivity contribution in [2.75, 3.05) is 11.9 Å². The van der Waals surface area contributed by atoms with Crippen molar-refractivity contribution in [3.63, 3.8) is 0 Å². The molecule has 0 radical (unpaired) electrons. The molecule has 0 heterocycles. The van der Waals surface area contributed by atoms with E-state index in [0.717, 1.165) is 0 Å². The minimum atomic E-state index is -0.564. The van der Waals surface area contributed by atoms with Gasteiger partial charge < -0.3 is 20.5 Å². The van der Waals surface area contributed by atoms with Gasteiger partial charge in [0.05, 0.1) is 11.8 Å². The van der Waals surface area contributed by atoms with Gasteiger partial charge in [-0.3, -0.25) is 0 Å². The highest BCUT2D eigenvalue weighted by Gasteiger charge is 2.15. The van der Waals surface area contributed by atoms with Crippen molar-refractivity contribution in [1.29, 1.82) is 0 Å². The largest absolute Gasteiger partial charge is 0.491 e. The molecule has 5 nitrogen and oxygen atoms in total. The van der Waals surface area contributed by atoms with Crippen molar-refractivity contribution in [3.05, 3.63) is 24.0 Å². The first-order chi connectivity index (χ1) is 9.83. The van der Waals surface area contributed by atoms with Gasteiger partial charge in [-0.2, -0.15) is 0 Å². The first kappa shape index (κ1) is 17.2. The van der Waals surface area contributed by atoms with Crippen LogP contribution in [0.15, 0.2) is 18.2 Å². The number of carbonyl (C=O) groups excluding carboxylic acids is 1. The smallest absolute Gasteiger partial charge is 0.319 e. The van der Waals surface area contributed by atoms with E-state index >= 15 is 0 Å². The highest BCUT2D eigenvalue weighted by Crippen LogP contribution is 2.21. The Morgan fingerprint density at radius 3 is 2.52 bits per heavy atom. The van der Waals surface area contributed by atoms with E-state index in [-0.39, 0.29) is 30.4 Å². The summed E-state index contributed by atoms with van der Waals surface area (Å²) >= 11 is 0. The van der Waals surface area contributed by atoms with Crippen LogP contribution in [0.5, 0.6) is 5.75 Å². The van der Waals surface area contributed by atoms with Crippen LogP contribution in [0.3, 0.4) is 0 Å². The minimum absolute atomic E-state index is 0.0307. The molecule has 2 amide bonds. The van der Waals surface area contributed by atoms with Crippen molar-refractivity contribution in [2.45, 2.75) is 39.8 Å². The number of aliphatic hydroxyl groups excluding tert-OH is 1. The van der Waals surface area contributed by atoms with Crippen molar-refractivity contribution in [1.82, 2.24) is 5.32 Å². The summed E-state index contributed by atoms with van der Waals surface area (Å²) in [5.41, 5.74) is 0.0763. The van der Waals surface area contributed by atoms with Gasteiger partial charge in [-0.1, -0.05) is 6.92 Å². The lowest BCUT2D eigenvalue weighted by Crippen LogP contribution is -2.40. The van der Waals surface area contributed by atoms with E-state index in [1.54, 1.807) is 13.0 Å². The Morgan fingerprint density at radius 2 is 2.00 bits per heavy atom. The zero-order chi connectivity index (χ0) is 16.0. The molecule has 0 saturated heterocycles. The summed E-state index contributed by atoms with van der Waals surface area (Å²) in [6, 6.07) is 3.54. The van der Waals surface area contributed by atoms with E-state index < -0.39 is 11.8 Å². The number of urea groups is 1. The van der Waals surface area contributed by atoms with Crippen LogP contribution in [-0.2, 0) is 0 Å². The number of hydrogen-bond acceptors (Lipinski definition) is 3. The number of rotatable bonds is 6. The fourth-order valence-electron chi connectivity index (χ4n) is 1.61. The summed E-state index contributed by atoms with van der Waals surface area (Å²) in [7, 11) is 0. The molecule has 1 rings (SSSR count). The Bertz CT molecular complexity index is 480. The van der Waals surface area contributed by atoms with E-state index in [0.29, 0.717) is 5.75 Å². The molecule has 0 bridgehead atoms. The number of nitrogens with one attached hydrogen (secondary N) is 2. The highest BCUT2D eigenvalue weighted by atomic mass is 19.1. The average Bonchev–Trinajstić information content (AvgIpc) is 2.40. The fourth-order valence-corrected chi connectivity index (χ4v) is 1.61. The standard InChI is InChI=1S/C15H23FN2O3/c1-9(2)21-12-5-6-14(13(16)7-12)18-15(20)17-11(4)10(3)8-19/h5-7,9-11,19H,8H2,1-4H3,(H2,17,18,20). The Labute approximate surface area is 124 Å². The van der Waals surface area contributed by atoms with Crippen LogP contribution in [0.4, 0.5) is 14.9 Å². The Morgan fingerprint density at radius 1 is 1.33 bits per heavy atom. The van der Waals surface area contributed by atoms with Gasteiger partial charge in [-0.25, -0.2) is 9.18 Å². The lowest BCUT2D eigenvalue weighted by molar-refractivity contribution is 0.204. The first-order valence-corrected chi connectivity index (χ1v) is 6.98. The molecular weight excluding hydrogens is 275 g/mol. The van der Waals surface area contributed by atoms with Gasteiger partial charge in [0.25, 0.3) is 0 Å². The van der Waals surface area contributed by atoms with Gasteiger partial charge >= 0.3 is 6.03 Å². The summed E-state index contributed by atoms with van der Waals surface area (Å²) < 4.78 is 19.2. The second-order valence-electron chi connectivity index (χ2n) is 5.36. The van der Waals surface area contributed by atoms with Crippen LogP contribution in [-0.4, -0.2) is 29.9 Å². The maximum absolute atomic E-state index is 13.9. The molecule has 0 saturated carbocycles. The van der Waals surface area contributed by atoms with Crippen LogP contribution in [0.25, 0.3) is 0 Å². The second kappa shape index (κ2) is 7.83. The van der Waals surface area contributed by atoms with Gasteiger partial charge in [-0.05, 0) is 38.8 Å². The molecular formula is C15H23FN2O3. The second-order valence-corrected chi connectivity index (χ2v) is 5.36. The SMILES string of the molecule is CC(C)Oc1ccc(NC(=O)NC(C)C(C)CO)c(F)c1. The molecule has 0 spiro atoms. The van der Waals surface area contributed by atoms with E-state index in [4.69, 9.17) is 9.84 Å². The van der Waals surface area contributed by atoms with Crippen LogP contribution >= 0.6 is 0 Å². The van der Waals surface area contributed by atoms with E-state index in [2.05, 4.69) is 10.6 Å². The van der Waals surface area contributed by atoms with Crippen molar-refractivity contribution >= 4 is 11.7 Å². The zero-order valence-corrected chi connectivity index (χ0v) is 12.8. The highest BCUT2D eigenvalue weighted by molar-refractivity contribution is 5.89. The lowest BCUT2D eigenvalue weighted by atomic mass is 10.1. The van der Waals surface area contributed by atoms with Crippen molar-refractivity contribution in [3.8, 4) is 5.75 Å². The van der Waals surface area contributed by atoms with Gasteiger partial charge in [0.2, 0.25) is 0 Å².